The summed E-state index contributed by atoms with van der Waals surface area (Å²) in [5.74, 6) is 0.743. The summed E-state index contributed by atoms with van der Waals surface area (Å²) >= 11 is 0. The lowest BCUT2D eigenvalue weighted by molar-refractivity contribution is -0.125. The fraction of sp³-hybridized carbons (Fsp3) is 0.278. The van der Waals surface area contributed by atoms with Gasteiger partial charge in [-0.25, -0.2) is 4.99 Å². The lowest BCUT2D eigenvalue weighted by atomic mass is 10.1. The molecule has 0 radical (unpaired) electrons. The molecule has 118 valence electrons. The number of aliphatic imine (C=N–C) groups is 1. The number of likely N-dealkylation sites (N-methyl/N-ethyl adjacent to an activating group) is 1. The maximum atomic E-state index is 12.3. The number of benzene rings is 1. The number of pyridine rings is 1. The highest BCUT2D eigenvalue weighted by Crippen LogP contribution is 2.23. The lowest BCUT2D eigenvalue weighted by Gasteiger charge is -2.19. The summed E-state index contributed by atoms with van der Waals surface area (Å²) in [6.45, 7) is 4.91. The average Bonchev–Trinajstić information content (AvgIpc) is 2.79. The van der Waals surface area contributed by atoms with Crippen molar-refractivity contribution < 1.29 is 4.79 Å². The molecule has 1 saturated heterocycles. The summed E-state index contributed by atoms with van der Waals surface area (Å²) in [6, 6.07) is 10.0. The van der Waals surface area contributed by atoms with Gasteiger partial charge in [-0.2, -0.15) is 0 Å². The Morgan fingerprint density at radius 2 is 2.09 bits per heavy atom. The Kier molecular flexibility index (Phi) is 4.10. The Morgan fingerprint density at radius 1 is 1.26 bits per heavy atom. The Bertz CT molecular complexity index is 755. The average molecular weight is 308 g/mol. The van der Waals surface area contributed by atoms with Gasteiger partial charge in [-0.3, -0.25) is 14.7 Å². The number of aryl methyl sites for hydroxylation is 2. The van der Waals surface area contributed by atoms with Crippen molar-refractivity contribution in [3.05, 3.63) is 59.4 Å². The second-order valence-corrected chi connectivity index (χ2v) is 5.90. The van der Waals surface area contributed by atoms with Crippen LogP contribution in [0.4, 0.5) is 5.69 Å². The van der Waals surface area contributed by atoms with Gasteiger partial charge in [-0.05, 0) is 42.7 Å². The molecule has 0 aliphatic carbocycles. The first kappa shape index (κ1) is 15.2. The Labute approximate surface area is 136 Å². The number of carbonyl (C=O) groups excluding carboxylic acids is 1. The van der Waals surface area contributed by atoms with E-state index in [1.54, 1.807) is 17.3 Å². The molecule has 0 spiro atoms. The van der Waals surface area contributed by atoms with Crippen LogP contribution in [0.3, 0.4) is 0 Å². The van der Waals surface area contributed by atoms with E-state index in [1.807, 2.05) is 44.0 Å². The first-order chi connectivity index (χ1) is 11.0. The molecular formula is C18H20N4O. The van der Waals surface area contributed by atoms with Gasteiger partial charge < -0.3 is 4.90 Å². The summed E-state index contributed by atoms with van der Waals surface area (Å²) in [4.78, 5) is 24.8. The van der Waals surface area contributed by atoms with Gasteiger partial charge in [0.15, 0.2) is 0 Å². The van der Waals surface area contributed by atoms with Gasteiger partial charge >= 0.3 is 0 Å². The van der Waals surface area contributed by atoms with Crippen LogP contribution in [0.5, 0.6) is 0 Å². The molecule has 23 heavy (non-hydrogen) atoms. The standard InChI is InChI=1S/C18H20N4O/c1-13-6-7-14(2)16(9-13)20-18-21(3)12-17(23)22(18)11-15-5-4-8-19-10-15/h4-10H,11-12H2,1-3H3. The summed E-state index contributed by atoms with van der Waals surface area (Å²) in [5, 5.41) is 0. The van der Waals surface area contributed by atoms with Gasteiger partial charge in [0.05, 0.1) is 12.2 Å². The van der Waals surface area contributed by atoms with Gasteiger partial charge in [0, 0.05) is 19.4 Å². The van der Waals surface area contributed by atoms with E-state index in [9.17, 15) is 4.79 Å². The third-order valence-electron chi connectivity index (χ3n) is 3.90. The van der Waals surface area contributed by atoms with Crippen molar-refractivity contribution in [2.45, 2.75) is 20.4 Å². The van der Waals surface area contributed by atoms with E-state index in [4.69, 9.17) is 4.99 Å². The molecule has 0 N–H and O–H groups in total. The molecule has 3 rings (SSSR count). The molecule has 0 bridgehead atoms. The van der Waals surface area contributed by atoms with Gasteiger partial charge in [0.1, 0.15) is 6.54 Å². The topological polar surface area (TPSA) is 48.8 Å². The number of carbonyl (C=O) groups is 1. The molecule has 1 aromatic carbocycles. The Morgan fingerprint density at radius 3 is 2.83 bits per heavy atom. The number of guanidine groups is 1. The highest BCUT2D eigenvalue weighted by atomic mass is 16.2. The maximum Gasteiger partial charge on any atom is 0.249 e. The van der Waals surface area contributed by atoms with Gasteiger partial charge in [-0.15, -0.1) is 0 Å². The fourth-order valence-corrected chi connectivity index (χ4v) is 2.60. The first-order valence-corrected chi connectivity index (χ1v) is 7.61. The zero-order chi connectivity index (χ0) is 16.4. The highest BCUT2D eigenvalue weighted by Gasteiger charge is 2.31. The molecule has 0 unspecified atom stereocenters. The summed E-state index contributed by atoms with van der Waals surface area (Å²) < 4.78 is 0. The minimum Gasteiger partial charge on any atom is -0.336 e. The van der Waals surface area contributed by atoms with Crippen LogP contribution in [0.2, 0.25) is 0 Å². The SMILES string of the molecule is Cc1ccc(C)c(N=C2N(C)CC(=O)N2Cc2cccnc2)c1. The second-order valence-electron chi connectivity index (χ2n) is 5.90. The van der Waals surface area contributed by atoms with Gasteiger partial charge in [0.25, 0.3) is 0 Å². The summed E-state index contributed by atoms with van der Waals surface area (Å²) in [5.41, 5.74) is 4.14. The molecule has 0 atom stereocenters. The third-order valence-corrected chi connectivity index (χ3v) is 3.90. The van der Waals surface area contributed by atoms with E-state index >= 15 is 0 Å². The number of hydrogen-bond donors (Lipinski definition) is 0. The molecular weight excluding hydrogens is 288 g/mol. The van der Waals surface area contributed by atoms with E-state index < -0.39 is 0 Å². The molecule has 1 fully saturated rings. The monoisotopic (exact) mass is 308 g/mol. The van der Waals surface area contributed by atoms with Crippen LogP contribution in [0.15, 0.2) is 47.7 Å². The van der Waals surface area contributed by atoms with Crippen molar-refractivity contribution in [3.8, 4) is 0 Å². The maximum absolute atomic E-state index is 12.3. The Balaban J connectivity index is 1.95. The van der Waals surface area contributed by atoms with Crippen LogP contribution in [0.25, 0.3) is 0 Å². The number of amides is 1. The summed E-state index contributed by atoms with van der Waals surface area (Å²) in [7, 11) is 1.89. The third kappa shape index (κ3) is 3.23. The molecule has 1 aromatic heterocycles. The van der Waals surface area contributed by atoms with Crippen LogP contribution in [0, 0.1) is 13.8 Å². The predicted molar refractivity (Wildman–Crippen MR) is 90.4 cm³/mol. The van der Waals surface area contributed by atoms with Gasteiger partial charge in [-0.1, -0.05) is 18.2 Å². The summed E-state index contributed by atoms with van der Waals surface area (Å²) in [6.07, 6.45) is 3.51. The number of hydrogen-bond acceptors (Lipinski definition) is 3. The molecule has 2 aromatic rings. The van der Waals surface area contributed by atoms with E-state index in [0.717, 1.165) is 22.4 Å². The van der Waals surface area contributed by atoms with Crippen LogP contribution >= 0.6 is 0 Å². The smallest absolute Gasteiger partial charge is 0.249 e. The predicted octanol–water partition coefficient (Wildman–Crippen LogP) is 2.66. The van der Waals surface area contributed by atoms with Crippen LogP contribution in [0.1, 0.15) is 16.7 Å². The normalized spacial score (nSPS) is 16.5. The Hall–Kier alpha value is -2.69. The van der Waals surface area contributed by atoms with Crippen molar-refractivity contribution in [3.63, 3.8) is 0 Å². The largest absolute Gasteiger partial charge is 0.336 e. The molecule has 1 aliphatic rings. The van der Waals surface area contributed by atoms with E-state index in [2.05, 4.69) is 17.1 Å². The van der Waals surface area contributed by atoms with E-state index in [1.165, 1.54) is 0 Å². The molecule has 1 amide bonds. The van der Waals surface area contributed by atoms with Gasteiger partial charge in [0.2, 0.25) is 11.9 Å². The van der Waals surface area contributed by atoms with Crippen molar-refractivity contribution in [1.82, 2.24) is 14.8 Å². The number of aromatic nitrogens is 1. The first-order valence-electron chi connectivity index (χ1n) is 7.61. The highest BCUT2D eigenvalue weighted by molar-refractivity contribution is 6.05. The molecule has 2 heterocycles. The number of rotatable bonds is 3. The van der Waals surface area contributed by atoms with Crippen LogP contribution in [-0.2, 0) is 11.3 Å². The fourth-order valence-electron chi connectivity index (χ4n) is 2.60. The second kappa shape index (κ2) is 6.20. The quantitative estimate of drug-likeness (QED) is 0.876. The minimum absolute atomic E-state index is 0.0559. The van der Waals surface area contributed by atoms with E-state index in [0.29, 0.717) is 19.0 Å². The zero-order valence-electron chi connectivity index (χ0n) is 13.7. The lowest BCUT2D eigenvalue weighted by Crippen LogP contribution is -2.32. The van der Waals surface area contributed by atoms with Crippen molar-refractivity contribution in [2.24, 2.45) is 4.99 Å². The zero-order valence-corrected chi connectivity index (χ0v) is 13.7. The number of nitrogens with zero attached hydrogens (tertiary/aromatic N) is 4. The molecule has 1 aliphatic heterocycles. The van der Waals surface area contributed by atoms with Crippen molar-refractivity contribution in [1.29, 1.82) is 0 Å². The van der Waals surface area contributed by atoms with E-state index in [-0.39, 0.29) is 5.91 Å². The van der Waals surface area contributed by atoms with Crippen molar-refractivity contribution in [2.75, 3.05) is 13.6 Å². The molecule has 5 nitrogen and oxygen atoms in total. The molecule has 5 heteroatoms. The van der Waals surface area contributed by atoms with Crippen LogP contribution < -0.4 is 0 Å². The molecule has 0 saturated carbocycles. The van der Waals surface area contributed by atoms with Crippen LogP contribution in [-0.4, -0.2) is 40.2 Å². The minimum atomic E-state index is 0.0559. The van der Waals surface area contributed by atoms with Crippen molar-refractivity contribution >= 4 is 17.6 Å².